The summed E-state index contributed by atoms with van der Waals surface area (Å²) < 4.78 is 7.77. The largest absolute Gasteiger partial charge is 0.497 e. The lowest BCUT2D eigenvalue weighted by Crippen LogP contribution is -2.10. The third-order valence-electron chi connectivity index (χ3n) is 5.54. The Hall–Kier alpha value is -2.79. The second kappa shape index (κ2) is 6.74. The van der Waals surface area contributed by atoms with Crippen molar-refractivity contribution >= 4 is 38.4 Å². The van der Waals surface area contributed by atoms with Gasteiger partial charge < -0.3 is 20.4 Å². The highest BCUT2D eigenvalue weighted by molar-refractivity contribution is 6.18. The molecule has 0 spiro atoms. The van der Waals surface area contributed by atoms with Crippen LogP contribution in [0.1, 0.15) is 17.5 Å². The molecule has 4 rings (SSSR count). The van der Waals surface area contributed by atoms with Gasteiger partial charge in [-0.1, -0.05) is 0 Å². The highest BCUT2D eigenvalue weighted by atomic mass is 16.5. The van der Waals surface area contributed by atoms with Crippen LogP contribution in [-0.4, -0.2) is 29.8 Å². The quantitative estimate of drug-likeness (QED) is 0.521. The minimum absolute atomic E-state index is 0.670. The van der Waals surface area contributed by atoms with Crippen LogP contribution >= 0.6 is 0 Å². The molecule has 5 heteroatoms. The SMILES string of the molecule is COc1ccc2c(c1)c1c(C)c3c(NCCCN)nccc3c(C)c1n2C. The molecule has 0 aliphatic rings. The molecule has 3 N–H and O–H groups in total. The number of fused-ring (bicyclic) bond motifs is 4. The Kier molecular flexibility index (Phi) is 4.40. The van der Waals surface area contributed by atoms with Crippen molar-refractivity contribution in [3.63, 3.8) is 0 Å². The predicted molar refractivity (Wildman–Crippen MR) is 114 cm³/mol. The first kappa shape index (κ1) is 17.6. The number of aromatic nitrogens is 2. The Morgan fingerprint density at radius 1 is 1.11 bits per heavy atom. The zero-order chi connectivity index (χ0) is 19.1. The summed E-state index contributed by atoms with van der Waals surface area (Å²) in [5.74, 6) is 1.81. The summed E-state index contributed by atoms with van der Waals surface area (Å²) >= 11 is 0. The molecule has 0 saturated heterocycles. The van der Waals surface area contributed by atoms with Crippen molar-refractivity contribution < 1.29 is 4.74 Å². The molecule has 2 aromatic heterocycles. The summed E-state index contributed by atoms with van der Waals surface area (Å²) in [5.41, 5.74) is 10.6. The zero-order valence-electron chi connectivity index (χ0n) is 16.4. The number of rotatable bonds is 5. The number of ether oxygens (including phenoxy) is 1. The Morgan fingerprint density at radius 3 is 2.67 bits per heavy atom. The summed E-state index contributed by atoms with van der Waals surface area (Å²) in [6, 6.07) is 8.40. The van der Waals surface area contributed by atoms with Gasteiger partial charge in [-0.05, 0) is 67.6 Å². The second-order valence-electron chi connectivity index (χ2n) is 7.07. The first-order valence-corrected chi connectivity index (χ1v) is 9.36. The van der Waals surface area contributed by atoms with Crippen molar-refractivity contribution in [2.45, 2.75) is 20.3 Å². The van der Waals surface area contributed by atoms with Crippen molar-refractivity contribution in [3.8, 4) is 5.75 Å². The Balaban J connectivity index is 2.12. The fraction of sp³-hybridized carbons (Fsp3) is 0.318. The Labute approximate surface area is 159 Å². The van der Waals surface area contributed by atoms with E-state index in [0.717, 1.165) is 24.5 Å². The van der Waals surface area contributed by atoms with Crippen LogP contribution in [0, 0.1) is 13.8 Å². The van der Waals surface area contributed by atoms with Crippen molar-refractivity contribution in [3.05, 3.63) is 41.6 Å². The highest BCUT2D eigenvalue weighted by Crippen LogP contribution is 2.40. The number of hydrogen-bond donors (Lipinski definition) is 2. The molecule has 0 radical (unpaired) electrons. The standard InChI is InChI=1S/C22H26N4O/c1-13-16-8-11-25-22(24-10-5-9-23)20(16)14(2)19-17-12-15(27-4)6-7-18(17)26(3)21(13)19/h6-8,11-12H,5,9-10,23H2,1-4H3,(H,24,25). The lowest BCUT2D eigenvalue weighted by atomic mass is 9.96. The monoisotopic (exact) mass is 362 g/mol. The van der Waals surface area contributed by atoms with Crippen LogP contribution in [0.25, 0.3) is 32.6 Å². The van der Waals surface area contributed by atoms with E-state index < -0.39 is 0 Å². The molecule has 140 valence electrons. The van der Waals surface area contributed by atoms with Crippen LogP contribution in [0.3, 0.4) is 0 Å². The molecule has 0 aliphatic heterocycles. The molecule has 0 atom stereocenters. The van der Waals surface area contributed by atoms with Gasteiger partial charge in [0.1, 0.15) is 11.6 Å². The van der Waals surface area contributed by atoms with Gasteiger partial charge in [0.25, 0.3) is 0 Å². The molecule has 27 heavy (non-hydrogen) atoms. The topological polar surface area (TPSA) is 65.1 Å². The van der Waals surface area contributed by atoms with Gasteiger partial charge >= 0.3 is 0 Å². The number of hydrogen-bond acceptors (Lipinski definition) is 4. The van der Waals surface area contributed by atoms with E-state index in [-0.39, 0.29) is 0 Å². The van der Waals surface area contributed by atoms with E-state index in [2.05, 4.69) is 54.0 Å². The fourth-order valence-electron chi connectivity index (χ4n) is 4.22. The highest BCUT2D eigenvalue weighted by Gasteiger charge is 2.19. The van der Waals surface area contributed by atoms with Gasteiger partial charge in [-0.2, -0.15) is 0 Å². The average Bonchev–Trinajstić information content (AvgIpc) is 2.98. The van der Waals surface area contributed by atoms with Crippen molar-refractivity contribution in [2.24, 2.45) is 12.8 Å². The van der Waals surface area contributed by atoms with Crippen molar-refractivity contribution in [1.29, 1.82) is 0 Å². The Morgan fingerprint density at radius 2 is 1.93 bits per heavy atom. The maximum atomic E-state index is 5.65. The van der Waals surface area contributed by atoms with Gasteiger partial charge in [-0.15, -0.1) is 0 Å². The van der Waals surface area contributed by atoms with Crippen LogP contribution in [0.5, 0.6) is 5.75 Å². The van der Waals surface area contributed by atoms with E-state index in [9.17, 15) is 0 Å². The summed E-state index contributed by atoms with van der Waals surface area (Å²) in [6.45, 7) is 5.88. The number of aryl methyl sites for hydroxylation is 3. The lowest BCUT2D eigenvalue weighted by Gasteiger charge is -2.15. The summed E-state index contributed by atoms with van der Waals surface area (Å²) in [5, 5.41) is 8.39. The third-order valence-corrected chi connectivity index (χ3v) is 5.54. The van der Waals surface area contributed by atoms with Gasteiger partial charge in [-0.3, -0.25) is 0 Å². The number of nitrogens with one attached hydrogen (secondary N) is 1. The van der Waals surface area contributed by atoms with Crippen LogP contribution in [0.2, 0.25) is 0 Å². The lowest BCUT2D eigenvalue weighted by molar-refractivity contribution is 0.415. The fourth-order valence-corrected chi connectivity index (χ4v) is 4.22. The van der Waals surface area contributed by atoms with E-state index in [4.69, 9.17) is 10.5 Å². The molecular formula is C22H26N4O. The first-order valence-electron chi connectivity index (χ1n) is 9.36. The summed E-state index contributed by atoms with van der Waals surface area (Å²) in [7, 11) is 3.85. The van der Waals surface area contributed by atoms with Crippen LogP contribution in [0.15, 0.2) is 30.5 Å². The molecule has 0 bridgehead atoms. The van der Waals surface area contributed by atoms with Gasteiger partial charge in [0.05, 0.1) is 12.6 Å². The maximum Gasteiger partial charge on any atom is 0.134 e. The smallest absolute Gasteiger partial charge is 0.134 e. The van der Waals surface area contributed by atoms with E-state index >= 15 is 0 Å². The maximum absolute atomic E-state index is 5.65. The minimum Gasteiger partial charge on any atom is -0.497 e. The third kappa shape index (κ3) is 2.61. The molecule has 2 heterocycles. The van der Waals surface area contributed by atoms with E-state index in [1.54, 1.807) is 7.11 Å². The summed E-state index contributed by atoms with van der Waals surface area (Å²) in [6.07, 6.45) is 2.81. The molecule has 0 unspecified atom stereocenters. The molecule has 4 aromatic rings. The van der Waals surface area contributed by atoms with Crippen molar-refractivity contribution in [2.75, 3.05) is 25.5 Å². The number of benzene rings is 2. The van der Waals surface area contributed by atoms with Crippen LogP contribution < -0.4 is 15.8 Å². The molecule has 5 nitrogen and oxygen atoms in total. The van der Waals surface area contributed by atoms with Gasteiger partial charge in [0.2, 0.25) is 0 Å². The molecule has 0 amide bonds. The van der Waals surface area contributed by atoms with E-state index in [1.807, 2.05) is 12.3 Å². The van der Waals surface area contributed by atoms with E-state index in [1.165, 1.54) is 43.7 Å². The molecule has 0 aliphatic carbocycles. The molecule has 0 fully saturated rings. The normalized spacial score (nSPS) is 11.6. The predicted octanol–water partition coefficient (Wildman–Crippen LogP) is 4.27. The Bertz CT molecular complexity index is 1160. The van der Waals surface area contributed by atoms with Crippen LogP contribution in [-0.2, 0) is 7.05 Å². The average molecular weight is 362 g/mol. The molecule has 2 aromatic carbocycles. The molecule has 0 saturated carbocycles. The summed E-state index contributed by atoms with van der Waals surface area (Å²) in [4.78, 5) is 4.62. The molecular weight excluding hydrogens is 336 g/mol. The van der Waals surface area contributed by atoms with Gasteiger partial charge in [-0.25, -0.2) is 4.98 Å². The minimum atomic E-state index is 0.670. The zero-order valence-corrected chi connectivity index (χ0v) is 16.4. The second-order valence-corrected chi connectivity index (χ2v) is 7.07. The van der Waals surface area contributed by atoms with Crippen LogP contribution in [0.4, 0.5) is 5.82 Å². The number of nitrogens with zero attached hydrogens (tertiary/aromatic N) is 2. The van der Waals surface area contributed by atoms with E-state index in [0.29, 0.717) is 6.54 Å². The number of pyridine rings is 1. The first-order chi connectivity index (χ1) is 13.1. The van der Waals surface area contributed by atoms with Gasteiger partial charge in [0, 0.05) is 41.5 Å². The number of methoxy groups -OCH3 is 1. The number of anilines is 1. The van der Waals surface area contributed by atoms with Crippen molar-refractivity contribution in [1.82, 2.24) is 9.55 Å². The van der Waals surface area contributed by atoms with Gasteiger partial charge in [0.15, 0.2) is 0 Å². The number of nitrogens with two attached hydrogens (primary N) is 1.